The number of piperidine rings is 1. The van der Waals surface area contributed by atoms with Crippen LogP contribution in [0.1, 0.15) is 31.0 Å². The van der Waals surface area contributed by atoms with Gasteiger partial charge in [0.05, 0.1) is 0 Å². The predicted molar refractivity (Wildman–Crippen MR) is 70.6 cm³/mol. The molecule has 0 spiro atoms. The van der Waals surface area contributed by atoms with Gasteiger partial charge in [0.15, 0.2) is 0 Å². The van der Waals surface area contributed by atoms with Crippen LogP contribution >= 0.6 is 0 Å². The average molecular weight is 233 g/mol. The van der Waals surface area contributed by atoms with Crippen molar-refractivity contribution in [1.82, 2.24) is 9.88 Å². The van der Waals surface area contributed by atoms with E-state index in [1.165, 1.54) is 24.9 Å². The summed E-state index contributed by atoms with van der Waals surface area (Å²) in [5, 5.41) is 0. The van der Waals surface area contributed by atoms with Gasteiger partial charge >= 0.3 is 0 Å². The van der Waals surface area contributed by atoms with Gasteiger partial charge in [-0.15, -0.1) is 0 Å². The number of likely N-dealkylation sites (tertiary alicyclic amines) is 1. The third-order valence-corrected chi connectivity index (χ3v) is 3.66. The molecule has 0 radical (unpaired) electrons. The van der Waals surface area contributed by atoms with Crippen molar-refractivity contribution in [2.45, 2.75) is 39.3 Å². The molecule has 0 amide bonds. The summed E-state index contributed by atoms with van der Waals surface area (Å²) in [6.45, 7) is 7.48. The first-order valence-corrected chi connectivity index (χ1v) is 6.54. The van der Waals surface area contributed by atoms with E-state index in [1.807, 2.05) is 13.1 Å². The monoisotopic (exact) mass is 233 g/mol. The van der Waals surface area contributed by atoms with Gasteiger partial charge in [0.1, 0.15) is 0 Å². The average Bonchev–Trinajstić information content (AvgIpc) is 2.32. The molecule has 1 aliphatic heterocycles. The molecule has 0 aliphatic carbocycles. The summed E-state index contributed by atoms with van der Waals surface area (Å²) in [7, 11) is 0. The Morgan fingerprint density at radius 1 is 1.53 bits per heavy atom. The highest BCUT2D eigenvalue weighted by Gasteiger charge is 2.22. The molecule has 1 saturated heterocycles. The van der Waals surface area contributed by atoms with Crippen LogP contribution in [0, 0.1) is 12.8 Å². The fraction of sp³-hybridized carbons (Fsp3) is 0.643. The Morgan fingerprint density at radius 2 is 2.35 bits per heavy atom. The SMILES string of the molecule is Cc1ccc(CN2CCCC(C(C)N)C2)cn1. The zero-order chi connectivity index (χ0) is 12.3. The summed E-state index contributed by atoms with van der Waals surface area (Å²) in [4.78, 5) is 6.85. The number of rotatable bonds is 3. The van der Waals surface area contributed by atoms with Gasteiger partial charge in [0, 0.05) is 31.0 Å². The highest BCUT2D eigenvalue weighted by Crippen LogP contribution is 2.20. The number of nitrogens with two attached hydrogens (primary N) is 1. The van der Waals surface area contributed by atoms with E-state index < -0.39 is 0 Å². The van der Waals surface area contributed by atoms with Crippen LogP contribution in [0.3, 0.4) is 0 Å². The summed E-state index contributed by atoms with van der Waals surface area (Å²) in [5.41, 5.74) is 8.39. The zero-order valence-corrected chi connectivity index (χ0v) is 10.9. The van der Waals surface area contributed by atoms with Crippen molar-refractivity contribution in [3.63, 3.8) is 0 Å². The molecule has 0 saturated carbocycles. The van der Waals surface area contributed by atoms with Gasteiger partial charge < -0.3 is 5.73 Å². The van der Waals surface area contributed by atoms with Crippen LogP contribution in [0.15, 0.2) is 18.3 Å². The normalized spacial score (nSPS) is 23.6. The molecule has 0 bridgehead atoms. The Hall–Kier alpha value is -0.930. The van der Waals surface area contributed by atoms with Crippen molar-refractivity contribution in [1.29, 1.82) is 0 Å². The molecule has 2 heterocycles. The van der Waals surface area contributed by atoms with Crippen LogP contribution in [-0.2, 0) is 6.54 Å². The Labute approximate surface area is 104 Å². The summed E-state index contributed by atoms with van der Waals surface area (Å²) < 4.78 is 0. The number of hydrogen-bond donors (Lipinski definition) is 1. The molecule has 1 aromatic heterocycles. The van der Waals surface area contributed by atoms with Crippen molar-refractivity contribution in [3.05, 3.63) is 29.6 Å². The van der Waals surface area contributed by atoms with Gasteiger partial charge in [0.2, 0.25) is 0 Å². The molecule has 1 aliphatic rings. The molecule has 94 valence electrons. The van der Waals surface area contributed by atoms with Crippen LogP contribution < -0.4 is 5.73 Å². The van der Waals surface area contributed by atoms with Crippen molar-refractivity contribution in [2.24, 2.45) is 11.7 Å². The van der Waals surface area contributed by atoms with E-state index in [0.29, 0.717) is 12.0 Å². The molecule has 1 aromatic rings. The zero-order valence-electron chi connectivity index (χ0n) is 10.9. The Kier molecular flexibility index (Phi) is 4.13. The van der Waals surface area contributed by atoms with Crippen LogP contribution in [0.25, 0.3) is 0 Å². The summed E-state index contributed by atoms with van der Waals surface area (Å²) in [5.74, 6) is 0.655. The number of aryl methyl sites for hydroxylation is 1. The van der Waals surface area contributed by atoms with Crippen LogP contribution in [0.5, 0.6) is 0 Å². The summed E-state index contributed by atoms with van der Waals surface area (Å²) in [6, 6.07) is 4.58. The smallest absolute Gasteiger partial charge is 0.0372 e. The minimum absolute atomic E-state index is 0.314. The first-order chi connectivity index (χ1) is 8.15. The lowest BCUT2D eigenvalue weighted by molar-refractivity contribution is 0.154. The topological polar surface area (TPSA) is 42.1 Å². The highest BCUT2D eigenvalue weighted by atomic mass is 15.1. The molecule has 2 N–H and O–H groups in total. The minimum Gasteiger partial charge on any atom is -0.328 e. The third kappa shape index (κ3) is 3.51. The first kappa shape index (κ1) is 12.5. The molecule has 2 atom stereocenters. The minimum atomic E-state index is 0.314. The molecular weight excluding hydrogens is 210 g/mol. The maximum absolute atomic E-state index is 6.00. The van der Waals surface area contributed by atoms with Gasteiger partial charge in [-0.2, -0.15) is 0 Å². The molecule has 0 aromatic carbocycles. The van der Waals surface area contributed by atoms with Crippen molar-refractivity contribution < 1.29 is 0 Å². The van der Waals surface area contributed by atoms with E-state index in [-0.39, 0.29) is 0 Å². The molecule has 17 heavy (non-hydrogen) atoms. The molecule has 1 fully saturated rings. The molecular formula is C14H23N3. The van der Waals surface area contributed by atoms with E-state index in [4.69, 9.17) is 5.73 Å². The van der Waals surface area contributed by atoms with Gasteiger partial charge in [0.25, 0.3) is 0 Å². The molecule has 2 unspecified atom stereocenters. The van der Waals surface area contributed by atoms with Gasteiger partial charge in [-0.3, -0.25) is 9.88 Å². The fourth-order valence-corrected chi connectivity index (χ4v) is 2.51. The first-order valence-electron chi connectivity index (χ1n) is 6.54. The quantitative estimate of drug-likeness (QED) is 0.867. The second-order valence-electron chi connectivity index (χ2n) is 5.30. The highest BCUT2D eigenvalue weighted by molar-refractivity contribution is 5.13. The van der Waals surface area contributed by atoms with Gasteiger partial charge in [-0.25, -0.2) is 0 Å². The van der Waals surface area contributed by atoms with E-state index in [1.54, 1.807) is 0 Å². The molecule has 3 heteroatoms. The lowest BCUT2D eigenvalue weighted by Crippen LogP contribution is -2.41. The second-order valence-corrected chi connectivity index (χ2v) is 5.30. The maximum Gasteiger partial charge on any atom is 0.0372 e. The molecule has 2 rings (SSSR count). The number of nitrogens with zero attached hydrogens (tertiary/aromatic N) is 2. The fourth-order valence-electron chi connectivity index (χ4n) is 2.51. The van der Waals surface area contributed by atoms with E-state index in [2.05, 4.69) is 28.9 Å². The van der Waals surface area contributed by atoms with E-state index >= 15 is 0 Å². The van der Waals surface area contributed by atoms with E-state index in [0.717, 1.165) is 18.8 Å². The van der Waals surface area contributed by atoms with Crippen LogP contribution in [0.2, 0.25) is 0 Å². The van der Waals surface area contributed by atoms with Crippen molar-refractivity contribution in [3.8, 4) is 0 Å². The van der Waals surface area contributed by atoms with Crippen LogP contribution in [0.4, 0.5) is 0 Å². The van der Waals surface area contributed by atoms with Crippen molar-refractivity contribution in [2.75, 3.05) is 13.1 Å². The molecule has 3 nitrogen and oxygen atoms in total. The number of hydrogen-bond acceptors (Lipinski definition) is 3. The third-order valence-electron chi connectivity index (χ3n) is 3.66. The van der Waals surface area contributed by atoms with Crippen molar-refractivity contribution >= 4 is 0 Å². The summed E-state index contributed by atoms with van der Waals surface area (Å²) in [6.07, 6.45) is 4.54. The maximum atomic E-state index is 6.00. The Morgan fingerprint density at radius 3 is 3.00 bits per heavy atom. The standard InChI is InChI=1S/C14H23N3/c1-11-5-6-13(8-16-11)9-17-7-3-4-14(10-17)12(2)15/h5-6,8,12,14H,3-4,7,9-10,15H2,1-2H3. The van der Waals surface area contributed by atoms with Gasteiger partial charge in [-0.05, 0) is 50.8 Å². The van der Waals surface area contributed by atoms with E-state index in [9.17, 15) is 0 Å². The predicted octanol–water partition coefficient (Wildman–Crippen LogP) is 1.95. The largest absolute Gasteiger partial charge is 0.328 e. The lowest BCUT2D eigenvalue weighted by atomic mass is 9.92. The Bertz CT molecular complexity index is 345. The number of aromatic nitrogens is 1. The van der Waals surface area contributed by atoms with Gasteiger partial charge in [-0.1, -0.05) is 6.07 Å². The Balaban J connectivity index is 1.92. The number of pyridine rings is 1. The van der Waals surface area contributed by atoms with Crippen LogP contribution in [-0.4, -0.2) is 29.0 Å². The second kappa shape index (κ2) is 5.61. The lowest BCUT2D eigenvalue weighted by Gasteiger charge is -2.34. The summed E-state index contributed by atoms with van der Waals surface area (Å²) >= 11 is 0.